The molecule has 24 heavy (non-hydrogen) atoms. The Kier molecular flexibility index (Phi) is 5.80. The standard InChI is InChI=1S/C19H32N2O3/c1-3-20(11-15-8-9-24-13-15)19(23)16-10-18(22)21(12-16)17-6-4-14(2)5-7-17/h14-17H,3-13H2,1-2H3/t14?,15-,16-,17?/m0/s1. The monoisotopic (exact) mass is 336 g/mol. The van der Waals surface area contributed by atoms with Crippen LogP contribution in [0.5, 0.6) is 0 Å². The molecule has 2 amide bonds. The van der Waals surface area contributed by atoms with Crippen LogP contribution in [0.25, 0.3) is 0 Å². The van der Waals surface area contributed by atoms with Crippen molar-refractivity contribution in [1.82, 2.24) is 9.80 Å². The molecule has 1 saturated carbocycles. The number of likely N-dealkylation sites (tertiary alicyclic amines) is 1. The van der Waals surface area contributed by atoms with Gasteiger partial charge in [-0.2, -0.15) is 0 Å². The number of hydrogen-bond donors (Lipinski definition) is 0. The van der Waals surface area contributed by atoms with Crippen molar-refractivity contribution >= 4 is 11.8 Å². The topological polar surface area (TPSA) is 49.9 Å². The molecule has 136 valence electrons. The van der Waals surface area contributed by atoms with Crippen molar-refractivity contribution in [2.75, 3.05) is 32.8 Å². The molecular weight excluding hydrogens is 304 g/mol. The first-order chi connectivity index (χ1) is 11.6. The van der Waals surface area contributed by atoms with Crippen LogP contribution in [0.1, 0.15) is 52.4 Å². The van der Waals surface area contributed by atoms with Crippen molar-refractivity contribution in [1.29, 1.82) is 0 Å². The predicted molar refractivity (Wildman–Crippen MR) is 92.4 cm³/mol. The fourth-order valence-corrected chi connectivity index (χ4v) is 4.48. The van der Waals surface area contributed by atoms with E-state index in [0.717, 1.165) is 51.5 Å². The summed E-state index contributed by atoms with van der Waals surface area (Å²) in [4.78, 5) is 29.3. The van der Waals surface area contributed by atoms with Crippen molar-refractivity contribution in [2.24, 2.45) is 17.8 Å². The Morgan fingerprint density at radius 3 is 2.62 bits per heavy atom. The Morgan fingerprint density at radius 1 is 1.25 bits per heavy atom. The van der Waals surface area contributed by atoms with E-state index in [1.807, 2.05) is 16.7 Å². The number of carbonyl (C=O) groups excluding carboxylic acids is 2. The summed E-state index contributed by atoms with van der Waals surface area (Å²) < 4.78 is 5.43. The van der Waals surface area contributed by atoms with Crippen molar-refractivity contribution in [2.45, 2.75) is 58.4 Å². The minimum absolute atomic E-state index is 0.140. The zero-order valence-corrected chi connectivity index (χ0v) is 15.2. The van der Waals surface area contributed by atoms with E-state index in [-0.39, 0.29) is 17.7 Å². The van der Waals surface area contributed by atoms with E-state index in [2.05, 4.69) is 6.92 Å². The first-order valence-corrected chi connectivity index (χ1v) is 9.74. The molecule has 2 saturated heterocycles. The third-order valence-corrected chi connectivity index (χ3v) is 6.13. The van der Waals surface area contributed by atoms with E-state index in [1.54, 1.807) is 0 Å². The van der Waals surface area contributed by atoms with E-state index in [4.69, 9.17) is 4.74 Å². The zero-order chi connectivity index (χ0) is 17.1. The van der Waals surface area contributed by atoms with Crippen LogP contribution >= 0.6 is 0 Å². The van der Waals surface area contributed by atoms with Gasteiger partial charge in [-0.3, -0.25) is 9.59 Å². The Morgan fingerprint density at radius 2 is 2.00 bits per heavy atom. The molecule has 5 heteroatoms. The van der Waals surface area contributed by atoms with Gasteiger partial charge in [0.15, 0.2) is 0 Å². The van der Waals surface area contributed by atoms with Crippen LogP contribution in [0, 0.1) is 17.8 Å². The highest BCUT2D eigenvalue weighted by molar-refractivity contribution is 5.89. The normalized spacial score (nSPS) is 33.9. The molecule has 0 bridgehead atoms. The van der Waals surface area contributed by atoms with Gasteiger partial charge in [-0.15, -0.1) is 0 Å². The molecule has 0 aromatic heterocycles. The molecule has 2 heterocycles. The molecular formula is C19H32N2O3. The third-order valence-electron chi connectivity index (χ3n) is 6.13. The fraction of sp³-hybridized carbons (Fsp3) is 0.895. The van der Waals surface area contributed by atoms with Crippen LogP contribution < -0.4 is 0 Å². The molecule has 5 nitrogen and oxygen atoms in total. The Bertz CT molecular complexity index is 454. The summed E-state index contributed by atoms with van der Waals surface area (Å²) in [6.07, 6.45) is 6.06. The minimum Gasteiger partial charge on any atom is -0.381 e. The maximum absolute atomic E-state index is 12.9. The van der Waals surface area contributed by atoms with Crippen LogP contribution in [0.15, 0.2) is 0 Å². The Labute approximate surface area is 145 Å². The summed E-state index contributed by atoms with van der Waals surface area (Å²) >= 11 is 0. The lowest BCUT2D eigenvalue weighted by atomic mass is 9.86. The maximum Gasteiger partial charge on any atom is 0.227 e. The van der Waals surface area contributed by atoms with E-state index in [1.165, 1.54) is 12.8 Å². The zero-order valence-electron chi connectivity index (χ0n) is 15.2. The van der Waals surface area contributed by atoms with Gasteiger partial charge in [0.25, 0.3) is 0 Å². The molecule has 3 rings (SSSR count). The lowest BCUT2D eigenvalue weighted by Gasteiger charge is -2.34. The van der Waals surface area contributed by atoms with Crippen LogP contribution in [0.4, 0.5) is 0 Å². The van der Waals surface area contributed by atoms with Gasteiger partial charge in [-0.25, -0.2) is 0 Å². The second-order valence-electron chi connectivity index (χ2n) is 7.97. The predicted octanol–water partition coefficient (Wildman–Crippen LogP) is 2.30. The van der Waals surface area contributed by atoms with E-state index >= 15 is 0 Å². The fourth-order valence-electron chi connectivity index (χ4n) is 4.48. The number of ether oxygens (including phenoxy) is 1. The SMILES string of the molecule is CCN(C[C@@H]1CCOC1)C(=O)[C@H]1CC(=O)N(C2CCC(C)CC2)C1. The van der Waals surface area contributed by atoms with Gasteiger partial charge in [-0.05, 0) is 44.9 Å². The largest absolute Gasteiger partial charge is 0.381 e. The summed E-state index contributed by atoms with van der Waals surface area (Å²) in [5.41, 5.74) is 0. The molecule has 1 aliphatic carbocycles. The lowest BCUT2D eigenvalue weighted by molar-refractivity contribution is -0.136. The molecule has 2 atom stereocenters. The summed E-state index contributed by atoms with van der Waals surface area (Å²) in [6, 6.07) is 0.366. The highest BCUT2D eigenvalue weighted by Gasteiger charge is 2.40. The van der Waals surface area contributed by atoms with Gasteiger partial charge >= 0.3 is 0 Å². The Balaban J connectivity index is 1.56. The summed E-state index contributed by atoms with van der Waals surface area (Å²) in [6.45, 7) is 8.03. The summed E-state index contributed by atoms with van der Waals surface area (Å²) in [5.74, 6) is 1.46. The quantitative estimate of drug-likeness (QED) is 0.774. The molecule has 3 aliphatic rings. The number of hydrogen-bond acceptors (Lipinski definition) is 3. The van der Waals surface area contributed by atoms with Gasteiger partial charge < -0.3 is 14.5 Å². The van der Waals surface area contributed by atoms with Crippen LogP contribution in [-0.4, -0.2) is 60.5 Å². The van der Waals surface area contributed by atoms with Crippen molar-refractivity contribution in [3.05, 3.63) is 0 Å². The third kappa shape index (κ3) is 3.93. The highest BCUT2D eigenvalue weighted by Crippen LogP contribution is 2.32. The number of carbonyl (C=O) groups is 2. The van der Waals surface area contributed by atoms with Crippen LogP contribution in [0.2, 0.25) is 0 Å². The van der Waals surface area contributed by atoms with Gasteiger partial charge in [0.1, 0.15) is 0 Å². The average molecular weight is 336 g/mol. The average Bonchev–Trinajstić information content (AvgIpc) is 3.22. The van der Waals surface area contributed by atoms with Crippen molar-refractivity contribution in [3.8, 4) is 0 Å². The van der Waals surface area contributed by atoms with Crippen molar-refractivity contribution < 1.29 is 14.3 Å². The van der Waals surface area contributed by atoms with E-state index in [9.17, 15) is 9.59 Å². The van der Waals surface area contributed by atoms with Crippen LogP contribution in [-0.2, 0) is 14.3 Å². The summed E-state index contributed by atoms with van der Waals surface area (Å²) in [7, 11) is 0. The first kappa shape index (κ1) is 17.7. The van der Waals surface area contributed by atoms with E-state index in [0.29, 0.717) is 24.9 Å². The van der Waals surface area contributed by atoms with Gasteiger partial charge in [-0.1, -0.05) is 6.92 Å². The lowest BCUT2D eigenvalue weighted by Crippen LogP contribution is -2.42. The minimum atomic E-state index is -0.140. The van der Waals surface area contributed by atoms with Crippen LogP contribution in [0.3, 0.4) is 0 Å². The smallest absolute Gasteiger partial charge is 0.227 e. The molecule has 0 aromatic rings. The molecule has 0 N–H and O–H groups in total. The second kappa shape index (κ2) is 7.85. The molecule has 2 aliphatic heterocycles. The first-order valence-electron chi connectivity index (χ1n) is 9.74. The molecule has 0 unspecified atom stereocenters. The van der Waals surface area contributed by atoms with Crippen molar-refractivity contribution in [3.63, 3.8) is 0 Å². The van der Waals surface area contributed by atoms with Gasteiger partial charge in [0.05, 0.1) is 12.5 Å². The summed E-state index contributed by atoms with van der Waals surface area (Å²) in [5, 5.41) is 0. The van der Waals surface area contributed by atoms with Gasteiger partial charge in [0.2, 0.25) is 11.8 Å². The van der Waals surface area contributed by atoms with E-state index < -0.39 is 0 Å². The molecule has 3 fully saturated rings. The highest BCUT2D eigenvalue weighted by atomic mass is 16.5. The number of amides is 2. The van der Waals surface area contributed by atoms with Gasteiger partial charge in [0, 0.05) is 44.6 Å². The number of nitrogens with zero attached hydrogens (tertiary/aromatic N) is 2. The molecule has 0 aromatic carbocycles. The number of rotatable bonds is 5. The molecule has 0 radical (unpaired) electrons. The maximum atomic E-state index is 12.9. The Hall–Kier alpha value is -1.10. The second-order valence-corrected chi connectivity index (χ2v) is 7.97. The molecule has 0 spiro atoms.